The lowest BCUT2D eigenvalue weighted by molar-refractivity contribution is -0.129. The van der Waals surface area contributed by atoms with Crippen LogP contribution in [0.1, 0.15) is 58.3 Å². The number of aromatic nitrogens is 2. The largest absolute Gasteiger partial charge is 0.496 e. The Hall–Kier alpha value is -2.96. The zero-order chi connectivity index (χ0) is 22.0. The number of hydrogen-bond acceptors (Lipinski definition) is 5. The molecule has 0 bridgehead atoms. The molecule has 1 unspecified atom stereocenters. The molecule has 7 nitrogen and oxygen atoms in total. The lowest BCUT2D eigenvalue weighted by atomic mass is 10.0. The van der Waals surface area contributed by atoms with Crippen molar-refractivity contribution < 1.29 is 14.3 Å². The predicted molar refractivity (Wildman–Crippen MR) is 117 cm³/mol. The summed E-state index contributed by atoms with van der Waals surface area (Å²) in [6.07, 6.45) is 3.36. The van der Waals surface area contributed by atoms with Crippen molar-refractivity contribution in [3.8, 4) is 5.75 Å². The van der Waals surface area contributed by atoms with Crippen molar-refractivity contribution in [3.63, 3.8) is 0 Å². The van der Waals surface area contributed by atoms with Gasteiger partial charge in [-0.2, -0.15) is 0 Å². The van der Waals surface area contributed by atoms with Gasteiger partial charge in [-0.3, -0.25) is 9.59 Å². The third kappa shape index (κ3) is 4.40. The number of ether oxygens (including phenoxy) is 1. The first kappa shape index (κ1) is 21.3. The van der Waals surface area contributed by atoms with Crippen LogP contribution in [-0.2, 0) is 11.2 Å². The third-order valence-corrected chi connectivity index (χ3v) is 6.40. The van der Waals surface area contributed by atoms with E-state index in [2.05, 4.69) is 0 Å². The Labute approximate surface area is 183 Å². The van der Waals surface area contributed by atoms with Crippen LogP contribution in [0.3, 0.4) is 0 Å². The zero-order valence-electron chi connectivity index (χ0n) is 18.6. The molecule has 2 saturated heterocycles. The summed E-state index contributed by atoms with van der Waals surface area (Å²) in [5, 5.41) is 0. The molecule has 0 spiro atoms. The number of amides is 2. The fourth-order valence-corrected chi connectivity index (χ4v) is 4.58. The highest BCUT2D eigenvalue weighted by molar-refractivity contribution is 5.97. The monoisotopic (exact) mass is 422 g/mol. The van der Waals surface area contributed by atoms with Gasteiger partial charge in [-0.05, 0) is 45.2 Å². The minimum absolute atomic E-state index is 0.0266. The maximum atomic E-state index is 13.0. The molecule has 7 heteroatoms. The van der Waals surface area contributed by atoms with Gasteiger partial charge in [0.2, 0.25) is 5.91 Å². The van der Waals surface area contributed by atoms with E-state index >= 15 is 0 Å². The van der Waals surface area contributed by atoms with Crippen LogP contribution in [-0.4, -0.2) is 64.9 Å². The SMILES string of the molecule is COc1ccccc1C(=O)N1CCC(c2nc(C)c(CC(=O)N3CCCC3)c(C)n2)C1. The Bertz CT molecular complexity index is 962. The van der Waals surface area contributed by atoms with Crippen LogP contribution in [0.4, 0.5) is 0 Å². The second-order valence-electron chi connectivity index (χ2n) is 8.43. The predicted octanol–water partition coefficient (Wildman–Crippen LogP) is 2.90. The number of methoxy groups -OCH3 is 1. The number of benzene rings is 1. The normalized spacial score (nSPS) is 18.5. The van der Waals surface area contributed by atoms with E-state index in [9.17, 15) is 9.59 Å². The fourth-order valence-electron chi connectivity index (χ4n) is 4.58. The van der Waals surface area contributed by atoms with Crippen molar-refractivity contribution in [2.24, 2.45) is 0 Å². The van der Waals surface area contributed by atoms with Gasteiger partial charge in [0.1, 0.15) is 11.6 Å². The molecule has 2 fully saturated rings. The Balaban J connectivity index is 1.46. The highest BCUT2D eigenvalue weighted by atomic mass is 16.5. The number of carbonyl (C=O) groups is 2. The summed E-state index contributed by atoms with van der Waals surface area (Å²) in [6.45, 7) is 6.87. The number of hydrogen-bond donors (Lipinski definition) is 0. The number of carbonyl (C=O) groups excluding carboxylic acids is 2. The van der Waals surface area contributed by atoms with Crippen molar-refractivity contribution in [1.82, 2.24) is 19.8 Å². The quantitative estimate of drug-likeness (QED) is 0.741. The molecule has 31 heavy (non-hydrogen) atoms. The second kappa shape index (κ2) is 9.04. The van der Waals surface area contributed by atoms with Gasteiger partial charge in [0.15, 0.2) is 0 Å². The average molecular weight is 423 g/mol. The molecule has 4 rings (SSSR count). The van der Waals surface area contributed by atoms with Crippen LogP contribution in [0.15, 0.2) is 24.3 Å². The first-order valence-electron chi connectivity index (χ1n) is 11.0. The van der Waals surface area contributed by atoms with E-state index < -0.39 is 0 Å². The van der Waals surface area contributed by atoms with Crippen LogP contribution >= 0.6 is 0 Å². The molecule has 164 valence electrons. The maximum absolute atomic E-state index is 13.0. The highest BCUT2D eigenvalue weighted by Gasteiger charge is 2.31. The van der Waals surface area contributed by atoms with E-state index in [4.69, 9.17) is 14.7 Å². The highest BCUT2D eigenvalue weighted by Crippen LogP contribution is 2.29. The van der Waals surface area contributed by atoms with E-state index in [0.29, 0.717) is 30.8 Å². The number of rotatable bonds is 5. The van der Waals surface area contributed by atoms with Gasteiger partial charge in [-0.1, -0.05) is 12.1 Å². The molecule has 2 amide bonds. The molecule has 2 aromatic rings. The Morgan fingerprint density at radius 3 is 2.39 bits per heavy atom. The molecule has 0 saturated carbocycles. The molecule has 3 heterocycles. The Kier molecular flexibility index (Phi) is 6.20. The summed E-state index contributed by atoms with van der Waals surface area (Å²) in [5.41, 5.74) is 3.24. The Morgan fingerprint density at radius 1 is 1.03 bits per heavy atom. The van der Waals surface area contributed by atoms with Crippen molar-refractivity contribution in [2.45, 2.75) is 45.4 Å². The van der Waals surface area contributed by atoms with Crippen LogP contribution < -0.4 is 4.74 Å². The first-order chi connectivity index (χ1) is 15.0. The Morgan fingerprint density at radius 2 is 1.71 bits per heavy atom. The summed E-state index contributed by atoms with van der Waals surface area (Å²) < 4.78 is 5.35. The summed E-state index contributed by atoms with van der Waals surface area (Å²) in [7, 11) is 1.58. The lowest BCUT2D eigenvalue weighted by Gasteiger charge is -2.19. The van der Waals surface area contributed by atoms with Gasteiger partial charge < -0.3 is 14.5 Å². The van der Waals surface area contributed by atoms with Gasteiger partial charge in [0.05, 0.1) is 19.1 Å². The average Bonchev–Trinajstić information content (AvgIpc) is 3.48. The van der Waals surface area contributed by atoms with Crippen molar-refractivity contribution >= 4 is 11.8 Å². The molecule has 0 N–H and O–H groups in total. The molecule has 1 aromatic heterocycles. The maximum Gasteiger partial charge on any atom is 0.257 e. The van der Waals surface area contributed by atoms with Crippen LogP contribution in [0.25, 0.3) is 0 Å². The summed E-state index contributed by atoms with van der Waals surface area (Å²) >= 11 is 0. The van der Waals surface area contributed by atoms with Gasteiger partial charge in [0, 0.05) is 49.0 Å². The van der Waals surface area contributed by atoms with E-state index in [0.717, 1.165) is 55.1 Å². The van der Waals surface area contributed by atoms with Crippen molar-refractivity contribution in [2.75, 3.05) is 33.3 Å². The molecule has 1 aromatic carbocycles. The number of nitrogens with zero attached hydrogens (tertiary/aromatic N) is 4. The topological polar surface area (TPSA) is 75.6 Å². The van der Waals surface area contributed by atoms with Gasteiger partial charge in [-0.25, -0.2) is 9.97 Å². The van der Waals surface area contributed by atoms with E-state index in [1.54, 1.807) is 19.2 Å². The van der Waals surface area contributed by atoms with Crippen LogP contribution in [0.5, 0.6) is 5.75 Å². The second-order valence-corrected chi connectivity index (χ2v) is 8.43. The molecular weight excluding hydrogens is 392 g/mol. The summed E-state index contributed by atoms with van der Waals surface area (Å²) in [4.78, 5) is 38.9. The molecule has 1 atom stereocenters. The standard InChI is InChI=1S/C24H30N4O3/c1-16-20(14-22(29)27-11-6-7-12-27)17(2)26-23(25-16)18-10-13-28(15-18)24(30)19-8-4-5-9-21(19)31-3/h4-5,8-9,18H,6-7,10-15H2,1-3H3. The smallest absolute Gasteiger partial charge is 0.257 e. The summed E-state index contributed by atoms with van der Waals surface area (Å²) in [5.74, 6) is 1.59. The van der Waals surface area contributed by atoms with Gasteiger partial charge >= 0.3 is 0 Å². The molecule has 0 aliphatic carbocycles. The first-order valence-corrected chi connectivity index (χ1v) is 11.0. The van der Waals surface area contributed by atoms with Crippen LogP contribution in [0.2, 0.25) is 0 Å². The molecular formula is C24H30N4O3. The third-order valence-electron chi connectivity index (χ3n) is 6.40. The lowest BCUT2D eigenvalue weighted by Crippen LogP contribution is -2.30. The van der Waals surface area contributed by atoms with Crippen molar-refractivity contribution in [3.05, 3.63) is 52.6 Å². The van der Waals surface area contributed by atoms with E-state index in [1.807, 2.05) is 35.8 Å². The van der Waals surface area contributed by atoms with Crippen molar-refractivity contribution in [1.29, 1.82) is 0 Å². The van der Waals surface area contributed by atoms with Gasteiger partial charge in [0.25, 0.3) is 5.91 Å². The molecule has 0 radical (unpaired) electrons. The van der Waals surface area contributed by atoms with Gasteiger partial charge in [-0.15, -0.1) is 0 Å². The molecule has 2 aliphatic heterocycles. The molecule has 2 aliphatic rings. The number of para-hydroxylation sites is 1. The number of likely N-dealkylation sites (tertiary alicyclic amines) is 2. The van der Waals surface area contributed by atoms with Crippen LogP contribution in [0, 0.1) is 13.8 Å². The minimum atomic E-state index is -0.0266. The fraction of sp³-hybridized carbons (Fsp3) is 0.500. The van der Waals surface area contributed by atoms with E-state index in [-0.39, 0.29) is 17.7 Å². The zero-order valence-corrected chi connectivity index (χ0v) is 18.6. The summed E-state index contributed by atoms with van der Waals surface area (Å²) in [6, 6.07) is 7.31. The van der Waals surface area contributed by atoms with E-state index in [1.165, 1.54) is 0 Å². The number of aryl methyl sites for hydroxylation is 2. The minimum Gasteiger partial charge on any atom is -0.496 e.